The van der Waals surface area contributed by atoms with Gasteiger partial charge in [-0.25, -0.2) is 0 Å². The monoisotopic (exact) mass is 378 g/mol. The lowest BCUT2D eigenvalue weighted by Crippen LogP contribution is -2.47. The molecule has 1 amide bonds. The molecule has 146 valence electrons. The van der Waals surface area contributed by atoms with Gasteiger partial charge in [-0.3, -0.25) is 4.79 Å². The van der Waals surface area contributed by atoms with Gasteiger partial charge in [0.25, 0.3) is 0 Å². The number of carbonyl (C=O) groups excluding carboxylic acids is 1. The number of alkyl halides is 3. The molecule has 0 atom stereocenters. The van der Waals surface area contributed by atoms with E-state index in [4.69, 9.17) is 0 Å². The average Bonchev–Trinajstić information content (AvgIpc) is 2.50. The zero-order valence-corrected chi connectivity index (χ0v) is 16.2. The van der Waals surface area contributed by atoms with Crippen LogP contribution >= 0.6 is 7.74 Å². The summed E-state index contributed by atoms with van der Waals surface area (Å²) in [7, 11) is -4.32. The lowest BCUT2D eigenvalue weighted by molar-refractivity contribution is -0.921. The fourth-order valence-corrected chi connectivity index (χ4v) is 3.11. The Hall–Kier alpha value is -0.470. The molecule has 0 heterocycles. The van der Waals surface area contributed by atoms with Gasteiger partial charge in [-0.1, -0.05) is 0 Å². The highest BCUT2D eigenvalue weighted by Gasteiger charge is 2.39. The van der Waals surface area contributed by atoms with Crippen molar-refractivity contribution in [1.82, 2.24) is 0 Å². The summed E-state index contributed by atoms with van der Waals surface area (Å²) in [4.78, 5) is 21.7. The summed E-state index contributed by atoms with van der Waals surface area (Å²) in [5, 5.41) is 0. The molecule has 6 nitrogen and oxygen atoms in total. The Bertz CT molecular complexity index is 386. The fraction of sp³-hybridized carbons (Fsp3) is 0.929. The number of hydrogen-bond donors (Lipinski definition) is 0. The molecule has 0 fully saturated rings. The maximum atomic E-state index is 11.8. The first-order valence-electron chi connectivity index (χ1n) is 8.08. The molecule has 24 heavy (non-hydrogen) atoms. The van der Waals surface area contributed by atoms with Crippen LogP contribution in [0.2, 0.25) is 0 Å². The number of hydrogen-bond acceptors (Lipinski definition) is 4. The summed E-state index contributed by atoms with van der Waals surface area (Å²) in [6, 6.07) is 0. The van der Waals surface area contributed by atoms with Gasteiger partial charge in [0, 0.05) is 0 Å². The third-order valence-electron chi connectivity index (χ3n) is 3.72. The largest absolute Gasteiger partial charge is 0.773 e. The molecule has 0 saturated carbocycles. The van der Waals surface area contributed by atoms with Crippen molar-refractivity contribution < 1.29 is 36.4 Å². The minimum Gasteiger partial charge on any atom is -0.773 e. The molecule has 0 radical (unpaired) electrons. The van der Waals surface area contributed by atoms with Crippen molar-refractivity contribution >= 4 is 13.6 Å². The van der Waals surface area contributed by atoms with E-state index in [1.807, 2.05) is 0 Å². The van der Waals surface area contributed by atoms with E-state index in [1.165, 1.54) is 44.5 Å². The Morgan fingerprint density at radius 2 is 1.29 bits per heavy atom. The topological polar surface area (TPSA) is 71.0 Å². The Kier molecular flexibility index (Phi) is 12.9. The van der Waals surface area contributed by atoms with Gasteiger partial charge >= 0.3 is 12.1 Å². The molecule has 0 rings (SSSR count). The van der Waals surface area contributed by atoms with Crippen molar-refractivity contribution in [1.29, 1.82) is 0 Å². The first-order valence-corrected chi connectivity index (χ1v) is 9.57. The molecular weight excluding hydrogens is 348 g/mol. The average molecular weight is 378 g/mol. The van der Waals surface area contributed by atoms with Crippen LogP contribution in [0, 0.1) is 0 Å². The SMILES string of the molecule is CCOP([O-])(=NC(=O)C(F)(F)F)OCC.CC[N+](CC)(CC)CC. The van der Waals surface area contributed by atoms with Crippen LogP contribution in [0.5, 0.6) is 0 Å². The molecule has 0 aromatic carbocycles. The third kappa shape index (κ3) is 9.74. The first kappa shape index (κ1) is 25.8. The van der Waals surface area contributed by atoms with Crippen molar-refractivity contribution in [2.24, 2.45) is 4.74 Å². The van der Waals surface area contributed by atoms with E-state index >= 15 is 0 Å². The second kappa shape index (κ2) is 12.0. The van der Waals surface area contributed by atoms with E-state index in [-0.39, 0.29) is 13.2 Å². The maximum Gasteiger partial charge on any atom is 0.473 e. The zero-order valence-electron chi connectivity index (χ0n) is 15.4. The van der Waals surface area contributed by atoms with Gasteiger partial charge in [0.2, 0.25) is 0 Å². The highest BCUT2D eigenvalue weighted by atomic mass is 31.2. The van der Waals surface area contributed by atoms with Gasteiger partial charge < -0.3 is 18.4 Å². The molecule has 0 bridgehead atoms. The molecule has 10 heteroatoms. The van der Waals surface area contributed by atoms with Crippen LogP contribution in [0.1, 0.15) is 41.5 Å². The lowest BCUT2D eigenvalue weighted by atomic mass is 10.3. The predicted molar refractivity (Wildman–Crippen MR) is 86.1 cm³/mol. The molecular formula is C14H30F3N2O4P. The quantitative estimate of drug-likeness (QED) is 0.480. The minimum atomic E-state index is -5.18. The normalized spacial score (nSPS) is 12.4. The molecule has 0 aromatic heterocycles. The Labute approximate surface area is 142 Å². The van der Waals surface area contributed by atoms with Crippen LogP contribution in [-0.4, -0.2) is 56.0 Å². The summed E-state index contributed by atoms with van der Waals surface area (Å²) < 4.78 is 47.8. The van der Waals surface area contributed by atoms with Crippen molar-refractivity contribution in [3.63, 3.8) is 0 Å². The van der Waals surface area contributed by atoms with Gasteiger partial charge in [0.05, 0.1) is 39.4 Å². The standard InChI is InChI=1S/C8H20N.C6H10F3NO4P/c1-5-9(6-2,7-3)8-4;1-3-13-15(12,14-4-2)10-5(11)6(7,8)9/h5-8H2,1-4H3;3-4H2,1-2H3/q+1;-1. The highest BCUT2D eigenvalue weighted by molar-refractivity contribution is 7.49. The molecule has 0 aromatic rings. The molecule has 0 unspecified atom stereocenters. The van der Waals surface area contributed by atoms with Gasteiger partial charge in [-0.05, 0) is 41.5 Å². The van der Waals surface area contributed by atoms with E-state index in [0.29, 0.717) is 0 Å². The number of quaternary nitrogens is 1. The van der Waals surface area contributed by atoms with E-state index in [2.05, 4.69) is 41.5 Å². The van der Waals surface area contributed by atoms with Crippen LogP contribution in [0.3, 0.4) is 0 Å². The van der Waals surface area contributed by atoms with E-state index in [0.717, 1.165) is 0 Å². The predicted octanol–water partition coefficient (Wildman–Crippen LogP) is 3.34. The Morgan fingerprint density at radius 1 is 0.958 bits per heavy atom. The van der Waals surface area contributed by atoms with E-state index < -0.39 is 19.8 Å². The number of halogens is 3. The number of rotatable bonds is 8. The molecule has 0 spiro atoms. The highest BCUT2D eigenvalue weighted by Crippen LogP contribution is 2.43. The third-order valence-corrected chi connectivity index (χ3v) is 5.32. The molecule has 0 saturated heterocycles. The molecule has 0 aliphatic carbocycles. The summed E-state index contributed by atoms with van der Waals surface area (Å²) in [5.74, 6) is -2.48. The lowest BCUT2D eigenvalue weighted by Gasteiger charge is -2.34. The first-order chi connectivity index (χ1) is 11.0. The van der Waals surface area contributed by atoms with Gasteiger partial charge in [0.1, 0.15) is 7.74 Å². The minimum absolute atomic E-state index is 0.175. The Morgan fingerprint density at radius 3 is 1.46 bits per heavy atom. The summed E-state index contributed by atoms with van der Waals surface area (Å²) in [6.45, 7) is 16.6. The van der Waals surface area contributed by atoms with Crippen molar-refractivity contribution in [2.45, 2.75) is 47.7 Å². The molecule has 0 aliphatic heterocycles. The Balaban J connectivity index is 0. The van der Waals surface area contributed by atoms with Crippen LogP contribution in [-0.2, 0) is 13.8 Å². The van der Waals surface area contributed by atoms with Crippen molar-refractivity contribution in [3.8, 4) is 0 Å². The zero-order chi connectivity index (χ0) is 19.4. The van der Waals surface area contributed by atoms with Crippen LogP contribution in [0.4, 0.5) is 13.2 Å². The smallest absolute Gasteiger partial charge is 0.473 e. The molecule has 0 aliphatic rings. The fourth-order valence-electron chi connectivity index (χ4n) is 1.93. The molecule has 0 N–H and O–H groups in total. The maximum absolute atomic E-state index is 11.8. The van der Waals surface area contributed by atoms with Crippen LogP contribution in [0.15, 0.2) is 4.74 Å². The van der Waals surface area contributed by atoms with Gasteiger partial charge in [-0.2, -0.15) is 17.9 Å². The van der Waals surface area contributed by atoms with E-state index in [9.17, 15) is 22.9 Å². The van der Waals surface area contributed by atoms with Crippen LogP contribution < -0.4 is 4.89 Å². The summed E-state index contributed by atoms with van der Waals surface area (Å²) in [5.41, 5.74) is 0. The second-order valence-corrected chi connectivity index (χ2v) is 6.47. The van der Waals surface area contributed by atoms with Crippen molar-refractivity contribution in [2.75, 3.05) is 39.4 Å². The summed E-state index contributed by atoms with van der Waals surface area (Å²) in [6.07, 6.45) is -5.18. The van der Waals surface area contributed by atoms with Gasteiger partial charge in [0.15, 0.2) is 0 Å². The number of carbonyl (C=O) groups is 1. The van der Waals surface area contributed by atoms with Gasteiger partial charge in [-0.15, -0.1) is 0 Å². The number of amides is 1. The second-order valence-electron chi connectivity index (χ2n) is 4.81. The summed E-state index contributed by atoms with van der Waals surface area (Å²) >= 11 is 0. The van der Waals surface area contributed by atoms with Crippen LogP contribution in [0.25, 0.3) is 0 Å². The van der Waals surface area contributed by atoms with E-state index in [1.54, 1.807) is 0 Å². The van der Waals surface area contributed by atoms with Crippen molar-refractivity contribution in [3.05, 3.63) is 0 Å². The number of nitrogens with zero attached hydrogens (tertiary/aromatic N) is 2.